The van der Waals surface area contributed by atoms with Crippen LogP contribution in [0.2, 0.25) is 0 Å². The van der Waals surface area contributed by atoms with Gasteiger partial charge in [0.15, 0.2) is 9.84 Å². The molecule has 1 heterocycles. The van der Waals surface area contributed by atoms with Gasteiger partial charge < -0.3 is 15.5 Å². The summed E-state index contributed by atoms with van der Waals surface area (Å²) in [7, 11) is -3.15. The highest BCUT2D eigenvalue weighted by molar-refractivity contribution is 7.91. The van der Waals surface area contributed by atoms with E-state index in [1.165, 1.54) is 18.7 Å². The molecule has 1 aromatic rings. The van der Waals surface area contributed by atoms with Gasteiger partial charge in [-0.05, 0) is 24.6 Å². The molecular weight excluding hydrogens is 346 g/mol. The molecule has 1 saturated heterocycles. The van der Waals surface area contributed by atoms with Crippen LogP contribution in [-0.4, -0.2) is 55.1 Å². The number of benzene rings is 1. The molecule has 8 nitrogen and oxygen atoms in total. The molecule has 0 aromatic heterocycles. The second-order valence-corrected chi connectivity index (χ2v) is 8.24. The fourth-order valence-electron chi connectivity index (χ4n) is 2.75. The van der Waals surface area contributed by atoms with Crippen LogP contribution in [0.1, 0.15) is 20.3 Å². The normalized spacial score (nSPS) is 18.4. The van der Waals surface area contributed by atoms with Gasteiger partial charge in [0.25, 0.3) is 0 Å². The Morgan fingerprint density at radius 2 is 1.80 bits per heavy atom. The number of carbonyl (C=O) groups is 3. The molecule has 1 unspecified atom stereocenters. The fourth-order valence-corrected chi connectivity index (χ4v) is 4.48. The zero-order valence-electron chi connectivity index (χ0n) is 14.1. The zero-order valence-corrected chi connectivity index (χ0v) is 14.9. The van der Waals surface area contributed by atoms with Crippen molar-refractivity contribution < 1.29 is 22.8 Å². The Balaban J connectivity index is 2.02. The molecule has 0 saturated carbocycles. The molecule has 1 aromatic carbocycles. The number of amides is 3. The molecular formula is C16H21N3O5S. The Bertz CT molecular complexity index is 791. The maximum Gasteiger partial charge on any atom is 0.244 e. The molecule has 1 atom stereocenters. The fraction of sp³-hybridized carbons (Fsp3) is 0.438. The van der Waals surface area contributed by atoms with Crippen molar-refractivity contribution >= 4 is 38.9 Å². The van der Waals surface area contributed by atoms with Crippen LogP contribution in [-0.2, 0) is 24.2 Å². The lowest BCUT2D eigenvalue weighted by molar-refractivity contribution is -0.134. The molecule has 2 rings (SSSR count). The molecule has 25 heavy (non-hydrogen) atoms. The predicted molar refractivity (Wildman–Crippen MR) is 93.8 cm³/mol. The second kappa shape index (κ2) is 7.64. The first-order valence-electron chi connectivity index (χ1n) is 7.81. The van der Waals surface area contributed by atoms with Gasteiger partial charge in [0.2, 0.25) is 17.7 Å². The smallest absolute Gasteiger partial charge is 0.244 e. The van der Waals surface area contributed by atoms with Gasteiger partial charge in [-0.15, -0.1) is 0 Å². The summed E-state index contributed by atoms with van der Waals surface area (Å²) in [6.07, 6.45) is 0.340. The van der Waals surface area contributed by atoms with Crippen LogP contribution < -0.4 is 10.6 Å². The standard InChI is InChI=1S/C16H21N3O5S/c1-11(20)17-13-4-3-5-14(8-13)18-16(22)9-19(12(2)21)15-6-7-25(23,24)10-15/h3-5,8,15H,6-7,9-10H2,1-2H3,(H,17,20)(H,18,22). The minimum atomic E-state index is -3.15. The Morgan fingerprint density at radius 3 is 2.32 bits per heavy atom. The van der Waals surface area contributed by atoms with E-state index in [4.69, 9.17) is 0 Å². The van der Waals surface area contributed by atoms with Crippen LogP contribution in [0.25, 0.3) is 0 Å². The summed E-state index contributed by atoms with van der Waals surface area (Å²) in [6, 6.07) is 6.13. The number of rotatable bonds is 5. The van der Waals surface area contributed by atoms with Gasteiger partial charge in [0, 0.05) is 31.3 Å². The molecule has 9 heteroatoms. The molecule has 3 amide bonds. The first kappa shape index (κ1) is 18.9. The number of sulfone groups is 1. The van der Waals surface area contributed by atoms with Crippen molar-refractivity contribution in [1.82, 2.24) is 4.90 Å². The van der Waals surface area contributed by atoms with Gasteiger partial charge in [0.05, 0.1) is 11.5 Å². The third kappa shape index (κ3) is 5.56. The number of hydrogen-bond donors (Lipinski definition) is 2. The van der Waals surface area contributed by atoms with Crippen LogP contribution in [0.5, 0.6) is 0 Å². The van der Waals surface area contributed by atoms with Gasteiger partial charge in [0.1, 0.15) is 6.54 Å². The maximum atomic E-state index is 12.2. The summed E-state index contributed by atoms with van der Waals surface area (Å²) in [5.41, 5.74) is 1.01. The Labute approximate surface area is 146 Å². The lowest BCUT2D eigenvalue weighted by Gasteiger charge is -2.26. The summed E-state index contributed by atoms with van der Waals surface area (Å²) in [5, 5.41) is 5.26. The van der Waals surface area contributed by atoms with Crippen LogP contribution in [0.15, 0.2) is 24.3 Å². The highest BCUT2D eigenvalue weighted by atomic mass is 32.2. The van der Waals surface area contributed by atoms with Crippen molar-refractivity contribution in [3.05, 3.63) is 24.3 Å². The maximum absolute atomic E-state index is 12.2. The van der Waals surface area contributed by atoms with Crippen molar-refractivity contribution in [2.24, 2.45) is 0 Å². The number of nitrogens with zero attached hydrogens (tertiary/aromatic N) is 1. The number of nitrogens with one attached hydrogen (secondary N) is 2. The van der Waals surface area contributed by atoms with Crippen LogP contribution in [0.4, 0.5) is 11.4 Å². The number of carbonyl (C=O) groups excluding carboxylic acids is 3. The van der Waals surface area contributed by atoms with E-state index in [0.29, 0.717) is 17.8 Å². The van der Waals surface area contributed by atoms with Crippen molar-refractivity contribution in [3.63, 3.8) is 0 Å². The average Bonchev–Trinajstić information content (AvgIpc) is 2.84. The first-order chi connectivity index (χ1) is 11.7. The number of hydrogen-bond acceptors (Lipinski definition) is 5. The van der Waals surface area contributed by atoms with Crippen molar-refractivity contribution in [3.8, 4) is 0 Å². The minimum Gasteiger partial charge on any atom is -0.330 e. The molecule has 0 radical (unpaired) electrons. The van der Waals surface area contributed by atoms with Gasteiger partial charge in [-0.1, -0.05) is 6.07 Å². The van der Waals surface area contributed by atoms with Gasteiger partial charge in [-0.2, -0.15) is 0 Å². The summed E-state index contributed by atoms with van der Waals surface area (Å²) in [5.74, 6) is -1.09. The highest BCUT2D eigenvalue weighted by Gasteiger charge is 2.34. The molecule has 0 aliphatic carbocycles. The van der Waals surface area contributed by atoms with Gasteiger partial charge in [-0.3, -0.25) is 14.4 Å². The molecule has 0 bridgehead atoms. The van der Waals surface area contributed by atoms with Crippen LogP contribution in [0.3, 0.4) is 0 Å². The van der Waals surface area contributed by atoms with Crippen LogP contribution in [0, 0.1) is 0 Å². The van der Waals surface area contributed by atoms with E-state index in [0.717, 1.165) is 0 Å². The molecule has 136 valence electrons. The SMILES string of the molecule is CC(=O)Nc1cccc(NC(=O)CN(C(C)=O)C2CCS(=O)(=O)C2)c1. The topological polar surface area (TPSA) is 113 Å². The minimum absolute atomic E-state index is 0.0296. The Morgan fingerprint density at radius 1 is 1.16 bits per heavy atom. The molecule has 1 aliphatic rings. The third-order valence-electron chi connectivity index (χ3n) is 3.83. The van der Waals surface area contributed by atoms with E-state index in [1.807, 2.05) is 0 Å². The van der Waals surface area contributed by atoms with Crippen molar-refractivity contribution in [2.75, 3.05) is 28.7 Å². The van der Waals surface area contributed by atoms with Gasteiger partial charge in [-0.25, -0.2) is 8.42 Å². The summed E-state index contributed by atoms with van der Waals surface area (Å²) >= 11 is 0. The summed E-state index contributed by atoms with van der Waals surface area (Å²) < 4.78 is 23.2. The zero-order chi connectivity index (χ0) is 18.6. The average molecular weight is 367 g/mol. The third-order valence-corrected chi connectivity index (χ3v) is 5.58. The van der Waals surface area contributed by atoms with Crippen molar-refractivity contribution in [1.29, 1.82) is 0 Å². The van der Waals surface area contributed by atoms with E-state index < -0.39 is 21.8 Å². The Hall–Kier alpha value is -2.42. The van der Waals surface area contributed by atoms with Gasteiger partial charge >= 0.3 is 0 Å². The molecule has 2 N–H and O–H groups in total. The summed E-state index contributed by atoms with van der Waals surface area (Å²) in [4.78, 5) is 36.4. The van der Waals surface area contributed by atoms with E-state index in [1.54, 1.807) is 24.3 Å². The number of anilines is 2. The molecule has 1 fully saturated rings. The van der Waals surface area contributed by atoms with E-state index >= 15 is 0 Å². The highest BCUT2D eigenvalue weighted by Crippen LogP contribution is 2.19. The quantitative estimate of drug-likeness (QED) is 0.792. The largest absolute Gasteiger partial charge is 0.330 e. The predicted octanol–water partition coefficient (Wildman–Crippen LogP) is 0.619. The Kier molecular flexibility index (Phi) is 5.78. The molecule has 1 aliphatic heterocycles. The lowest BCUT2D eigenvalue weighted by Crippen LogP contribution is -2.44. The monoisotopic (exact) mass is 367 g/mol. The van der Waals surface area contributed by atoms with E-state index in [2.05, 4.69) is 10.6 Å². The lowest BCUT2D eigenvalue weighted by atomic mass is 10.2. The van der Waals surface area contributed by atoms with E-state index in [9.17, 15) is 22.8 Å². The molecule has 0 spiro atoms. The second-order valence-electron chi connectivity index (χ2n) is 6.01. The van der Waals surface area contributed by atoms with E-state index in [-0.39, 0.29) is 29.9 Å². The summed E-state index contributed by atoms with van der Waals surface area (Å²) in [6.45, 7) is 2.47. The first-order valence-corrected chi connectivity index (χ1v) is 9.63. The van der Waals surface area contributed by atoms with Crippen LogP contribution >= 0.6 is 0 Å². The van der Waals surface area contributed by atoms with Crippen molar-refractivity contribution in [2.45, 2.75) is 26.3 Å².